The fraction of sp³-hybridized carbons (Fsp3) is 0.520. The van der Waals surface area contributed by atoms with Crippen molar-refractivity contribution >= 4 is 12.0 Å². The highest BCUT2D eigenvalue weighted by Crippen LogP contribution is 2.45. The molecule has 2 aromatic heterocycles. The molecule has 0 spiro atoms. The molecule has 214 valence electrons. The number of ether oxygens (including phenoxy) is 2. The van der Waals surface area contributed by atoms with Crippen LogP contribution in [-0.2, 0) is 11.3 Å². The summed E-state index contributed by atoms with van der Waals surface area (Å²) < 4.78 is 54.7. The molecule has 2 atom stereocenters. The number of benzene rings is 1. The predicted octanol–water partition coefficient (Wildman–Crippen LogP) is 3.91. The van der Waals surface area contributed by atoms with Crippen molar-refractivity contribution in [1.29, 1.82) is 0 Å². The molecule has 0 radical (unpaired) electrons. The van der Waals surface area contributed by atoms with E-state index >= 15 is 0 Å². The van der Waals surface area contributed by atoms with Crippen LogP contribution in [0.25, 0.3) is 11.4 Å². The topological polar surface area (TPSA) is 138 Å². The summed E-state index contributed by atoms with van der Waals surface area (Å²) in [5.41, 5.74) is 0.344. The predicted molar refractivity (Wildman–Crippen MR) is 131 cm³/mol. The van der Waals surface area contributed by atoms with Gasteiger partial charge in [0.25, 0.3) is 0 Å². The quantitative estimate of drug-likeness (QED) is 0.453. The second kappa shape index (κ2) is 10.4. The molecular weight excluding hydrogens is 535 g/mol. The first-order valence-electron chi connectivity index (χ1n) is 12.7. The Morgan fingerprint density at radius 1 is 1.20 bits per heavy atom. The number of carbonyl (C=O) groups is 2. The molecule has 1 aliphatic heterocycles. The maximum absolute atomic E-state index is 13.0. The lowest BCUT2D eigenvalue weighted by Gasteiger charge is -2.28. The van der Waals surface area contributed by atoms with E-state index in [-0.39, 0.29) is 30.2 Å². The molecule has 5 rings (SSSR count). The first-order chi connectivity index (χ1) is 18.8. The summed E-state index contributed by atoms with van der Waals surface area (Å²) in [5.74, 6) is -1.32. The minimum Gasteiger partial charge on any atom is -0.444 e. The zero-order chi connectivity index (χ0) is 28.7. The van der Waals surface area contributed by atoms with Gasteiger partial charge in [-0.05, 0) is 63.6 Å². The maximum Gasteiger partial charge on any atom is 0.573 e. The summed E-state index contributed by atoms with van der Waals surface area (Å²) in [7, 11) is 0. The van der Waals surface area contributed by atoms with Gasteiger partial charge in [-0.1, -0.05) is 16.4 Å². The standard InChI is InChI=1S/C25H28F3N7O5/c1-24(2,3)39-23(37)35-12-15(10-16(35)13-34-9-8-29-33-34)30-21(36)22-31-20(32-40-22)19-11-17(38-25(26,27)28)6-7-18(19)14-4-5-14/h6-9,11,14-16H,4-5,10,12-13H2,1-3H3,(H,30,36)/t15?,16-/m1/s1. The summed E-state index contributed by atoms with van der Waals surface area (Å²) in [6.07, 6.45) is -0.0344. The summed E-state index contributed by atoms with van der Waals surface area (Å²) in [4.78, 5) is 31.6. The van der Waals surface area contributed by atoms with Crippen molar-refractivity contribution < 1.29 is 36.8 Å². The normalized spacial score (nSPS) is 19.5. The molecular formula is C25H28F3N7O5. The largest absolute Gasteiger partial charge is 0.573 e. The van der Waals surface area contributed by atoms with Crippen LogP contribution in [0.3, 0.4) is 0 Å². The number of hydrogen-bond donors (Lipinski definition) is 1. The Labute approximate surface area is 226 Å². The van der Waals surface area contributed by atoms with Gasteiger partial charge in [-0.25, -0.2) is 4.79 Å². The van der Waals surface area contributed by atoms with E-state index in [0.29, 0.717) is 18.5 Å². The van der Waals surface area contributed by atoms with Gasteiger partial charge in [0.1, 0.15) is 11.4 Å². The van der Waals surface area contributed by atoms with Crippen LogP contribution in [0, 0.1) is 0 Å². The van der Waals surface area contributed by atoms with Gasteiger partial charge in [-0.3, -0.25) is 9.48 Å². The van der Waals surface area contributed by atoms with Crippen LogP contribution in [0.15, 0.2) is 35.1 Å². The van der Waals surface area contributed by atoms with Gasteiger partial charge in [0.2, 0.25) is 5.82 Å². The molecule has 2 fully saturated rings. The Hall–Kier alpha value is -4.17. The molecule has 0 bridgehead atoms. The molecule has 40 heavy (non-hydrogen) atoms. The number of likely N-dealkylation sites (tertiary alicyclic amines) is 1. The zero-order valence-corrected chi connectivity index (χ0v) is 22.0. The fourth-order valence-corrected chi connectivity index (χ4v) is 4.63. The molecule has 12 nitrogen and oxygen atoms in total. The van der Waals surface area contributed by atoms with Gasteiger partial charge < -0.3 is 24.2 Å². The maximum atomic E-state index is 13.0. The molecule has 1 aromatic carbocycles. The highest BCUT2D eigenvalue weighted by Gasteiger charge is 2.39. The Balaban J connectivity index is 1.31. The zero-order valence-electron chi connectivity index (χ0n) is 22.0. The van der Waals surface area contributed by atoms with Crippen molar-refractivity contribution in [3.05, 3.63) is 42.0 Å². The molecule has 1 N–H and O–H groups in total. The van der Waals surface area contributed by atoms with Crippen LogP contribution in [-0.4, -0.2) is 72.6 Å². The van der Waals surface area contributed by atoms with Gasteiger partial charge in [-0.15, -0.1) is 18.3 Å². The summed E-state index contributed by atoms with van der Waals surface area (Å²) in [6.45, 7) is 5.80. The molecule has 3 heterocycles. The molecule has 1 saturated heterocycles. The van der Waals surface area contributed by atoms with Crippen LogP contribution in [0.5, 0.6) is 5.75 Å². The van der Waals surface area contributed by atoms with E-state index in [2.05, 4.69) is 30.5 Å². The molecule has 2 aliphatic rings. The Morgan fingerprint density at radius 3 is 2.62 bits per heavy atom. The van der Waals surface area contributed by atoms with Gasteiger partial charge in [0.15, 0.2) is 0 Å². The molecule has 15 heteroatoms. The highest BCUT2D eigenvalue weighted by molar-refractivity contribution is 5.90. The van der Waals surface area contributed by atoms with Gasteiger partial charge >= 0.3 is 24.3 Å². The number of nitrogens with one attached hydrogen (secondary N) is 1. The lowest BCUT2D eigenvalue weighted by molar-refractivity contribution is -0.274. The second-order valence-electron chi connectivity index (χ2n) is 10.8. The van der Waals surface area contributed by atoms with Crippen molar-refractivity contribution in [3.8, 4) is 17.1 Å². The Bertz CT molecular complexity index is 1370. The first-order valence-corrected chi connectivity index (χ1v) is 12.7. The Kier molecular flexibility index (Phi) is 7.14. The number of carbonyl (C=O) groups excluding carboxylic acids is 2. The van der Waals surface area contributed by atoms with E-state index in [1.807, 2.05) is 0 Å². The van der Waals surface area contributed by atoms with Crippen LogP contribution >= 0.6 is 0 Å². The lowest BCUT2D eigenvalue weighted by Crippen LogP contribution is -2.43. The molecule has 3 aromatic rings. The van der Waals surface area contributed by atoms with Crippen LogP contribution < -0.4 is 10.1 Å². The molecule has 1 aliphatic carbocycles. The van der Waals surface area contributed by atoms with E-state index in [4.69, 9.17) is 9.26 Å². The van der Waals surface area contributed by atoms with Crippen LogP contribution in [0.4, 0.5) is 18.0 Å². The van der Waals surface area contributed by atoms with Crippen LogP contribution in [0.1, 0.15) is 62.2 Å². The fourth-order valence-electron chi connectivity index (χ4n) is 4.63. The molecule has 1 unspecified atom stereocenters. The van der Waals surface area contributed by atoms with E-state index in [0.717, 1.165) is 18.4 Å². The van der Waals surface area contributed by atoms with E-state index in [1.54, 1.807) is 37.7 Å². The lowest BCUT2D eigenvalue weighted by atomic mass is 10.0. The van der Waals surface area contributed by atoms with Crippen molar-refractivity contribution in [2.75, 3.05) is 6.54 Å². The molecule has 1 saturated carbocycles. The average molecular weight is 564 g/mol. The van der Waals surface area contributed by atoms with Crippen molar-refractivity contribution in [3.63, 3.8) is 0 Å². The van der Waals surface area contributed by atoms with Gasteiger partial charge in [-0.2, -0.15) is 4.98 Å². The van der Waals surface area contributed by atoms with Gasteiger partial charge in [0, 0.05) is 24.3 Å². The molecule has 2 amide bonds. The van der Waals surface area contributed by atoms with Crippen molar-refractivity contribution in [2.24, 2.45) is 0 Å². The minimum absolute atomic E-state index is 0.0227. The third kappa shape index (κ3) is 6.69. The third-order valence-corrected chi connectivity index (χ3v) is 6.38. The number of amides is 2. The number of alkyl halides is 3. The second-order valence-corrected chi connectivity index (χ2v) is 10.8. The summed E-state index contributed by atoms with van der Waals surface area (Å²) >= 11 is 0. The van der Waals surface area contributed by atoms with Crippen LogP contribution in [0.2, 0.25) is 0 Å². The number of rotatable bonds is 7. The monoisotopic (exact) mass is 563 g/mol. The van der Waals surface area contributed by atoms with E-state index in [9.17, 15) is 22.8 Å². The number of hydrogen-bond acceptors (Lipinski definition) is 9. The average Bonchev–Trinajstić information content (AvgIpc) is 3.21. The SMILES string of the molecule is CC(C)(C)OC(=O)N1CC(NC(=O)c2nc(-c3cc(OC(F)(F)F)ccc3C3CC3)no2)C[C@@H]1Cn1ccnn1. The first kappa shape index (κ1) is 27.4. The third-order valence-electron chi connectivity index (χ3n) is 6.38. The summed E-state index contributed by atoms with van der Waals surface area (Å²) in [5, 5.41) is 14.4. The smallest absolute Gasteiger partial charge is 0.444 e. The van der Waals surface area contributed by atoms with E-state index in [1.165, 1.54) is 23.2 Å². The highest BCUT2D eigenvalue weighted by atomic mass is 19.4. The number of aromatic nitrogens is 5. The number of halogens is 3. The van der Waals surface area contributed by atoms with Crippen molar-refractivity contribution in [1.82, 2.24) is 35.4 Å². The Morgan fingerprint density at radius 2 is 1.98 bits per heavy atom. The number of nitrogens with zero attached hydrogens (tertiary/aromatic N) is 6. The van der Waals surface area contributed by atoms with Gasteiger partial charge in [0.05, 0.1) is 18.8 Å². The van der Waals surface area contributed by atoms with Crippen molar-refractivity contribution in [2.45, 2.75) is 76.5 Å². The summed E-state index contributed by atoms with van der Waals surface area (Å²) in [6, 6.07) is 3.18. The van der Waals surface area contributed by atoms with E-state index < -0.39 is 35.8 Å². The minimum atomic E-state index is -4.86.